The molecule has 4 aliphatic carbocycles. The first-order chi connectivity index (χ1) is 13.6. The molecule has 0 aliphatic heterocycles. The van der Waals surface area contributed by atoms with E-state index in [1.807, 2.05) is 6.92 Å². The Bertz CT molecular complexity index is 737. The van der Waals surface area contributed by atoms with Crippen LogP contribution >= 0.6 is 0 Å². The summed E-state index contributed by atoms with van der Waals surface area (Å²) in [5.41, 5.74) is 3.35. The van der Waals surface area contributed by atoms with Crippen molar-refractivity contribution in [1.29, 1.82) is 0 Å². The van der Waals surface area contributed by atoms with Gasteiger partial charge in [-0.25, -0.2) is 0 Å². The molecule has 6 heteroatoms. The summed E-state index contributed by atoms with van der Waals surface area (Å²) < 4.78 is 5.52. The Kier molecular flexibility index (Phi) is 4.97. The zero-order valence-corrected chi connectivity index (χ0v) is 17.9. The Labute approximate surface area is 172 Å². The van der Waals surface area contributed by atoms with E-state index < -0.39 is 29.0 Å². The summed E-state index contributed by atoms with van der Waals surface area (Å²) in [6.45, 7) is 6.02. The molecule has 3 unspecified atom stereocenters. The molecule has 0 radical (unpaired) electrons. The number of rotatable bonds is 3. The number of carbonyl (C=O) groups is 3. The SMILES string of the molecule is CC(CN)C(=O)OC1CC(=O)[C@]2(C)[C@@H]3CC[C@]4(C)CCC[C@H]4[C@@H]3C(=O)CC2(O)C1. The fraction of sp³-hybridized carbons (Fsp3) is 0.870. The van der Waals surface area contributed by atoms with Gasteiger partial charge in [0, 0.05) is 31.7 Å². The maximum atomic E-state index is 13.4. The van der Waals surface area contributed by atoms with E-state index in [0.29, 0.717) is 5.92 Å². The third-order valence-corrected chi connectivity index (χ3v) is 9.19. The summed E-state index contributed by atoms with van der Waals surface area (Å²) >= 11 is 0. The second-order valence-electron chi connectivity index (χ2n) is 10.7. The van der Waals surface area contributed by atoms with E-state index in [1.54, 1.807) is 6.92 Å². The van der Waals surface area contributed by atoms with E-state index >= 15 is 0 Å². The van der Waals surface area contributed by atoms with E-state index in [-0.39, 0.29) is 54.6 Å². The van der Waals surface area contributed by atoms with Gasteiger partial charge in [0.1, 0.15) is 17.7 Å². The average Bonchev–Trinajstić information content (AvgIpc) is 3.05. The van der Waals surface area contributed by atoms with E-state index in [1.165, 1.54) is 0 Å². The van der Waals surface area contributed by atoms with Gasteiger partial charge in [0.15, 0.2) is 0 Å². The van der Waals surface area contributed by atoms with Crippen molar-refractivity contribution in [3.63, 3.8) is 0 Å². The Morgan fingerprint density at radius 3 is 2.66 bits per heavy atom. The molecule has 0 spiro atoms. The molecule has 4 fully saturated rings. The number of ether oxygens (including phenoxy) is 1. The Balaban J connectivity index is 1.62. The molecular weight excluding hydrogens is 370 g/mol. The number of hydrogen-bond acceptors (Lipinski definition) is 6. The second kappa shape index (κ2) is 6.88. The van der Waals surface area contributed by atoms with E-state index in [2.05, 4.69) is 6.92 Å². The van der Waals surface area contributed by atoms with Crippen LogP contribution in [0, 0.1) is 34.5 Å². The number of Topliss-reactive ketones (excluding diaryl/α,β-unsaturated/α-hetero) is 2. The number of carbonyl (C=O) groups excluding carboxylic acids is 3. The summed E-state index contributed by atoms with van der Waals surface area (Å²) in [6, 6.07) is 0. The zero-order valence-electron chi connectivity index (χ0n) is 17.9. The van der Waals surface area contributed by atoms with Gasteiger partial charge in [0.25, 0.3) is 0 Å². The number of esters is 1. The van der Waals surface area contributed by atoms with Gasteiger partial charge < -0.3 is 15.6 Å². The molecule has 4 aliphatic rings. The van der Waals surface area contributed by atoms with Gasteiger partial charge in [-0.2, -0.15) is 0 Å². The lowest BCUT2D eigenvalue weighted by atomic mass is 9.43. The van der Waals surface area contributed by atoms with Crippen molar-refractivity contribution < 1.29 is 24.2 Å². The van der Waals surface area contributed by atoms with Gasteiger partial charge in [-0.05, 0) is 49.9 Å². The van der Waals surface area contributed by atoms with Crippen LogP contribution < -0.4 is 5.73 Å². The van der Waals surface area contributed by atoms with Crippen LogP contribution in [0.4, 0.5) is 0 Å². The van der Waals surface area contributed by atoms with E-state index in [4.69, 9.17) is 10.5 Å². The Morgan fingerprint density at radius 2 is 1.97 bits per heavy atom. The molecule has 4 saturated carbocycles. The molecule has 0 amide bonds. The summed E-state index contributed by atoms with van der Waals surface area (Å²) in [7, 11) is 0. The van der Waals surface area contributed by atoms with Crippen LogP contribution in [-0.2, 0) is 19.1 Å². The molecule has 0 heterocycles. The first kappa shape index (κ1) is 21.0. The van der Waals surface area contributed by atoms with Crippen molar-refractivity contribution in [2.45, 2.75) is 83.8 Å². The van der Waals surface area contributed by atoms with Crippen molar-refractivity contribution in [2.24, 2.45) is 40.2 Å². The lowest BCUT2D eigenvalue weighted by molar-refractivity contribution is -0.212. The normalized spacial score (nSPS) is 47.8. The minimum absolute atomic E-state index is 0.0104. The first-order valence-electron chi connectivity index (χ1n) is 11.2. The molecule has 162 valence electrons. The van der Waals surface area contributed by atoms with Crippen LogP contribution in [0.2, 0.25) is 0 Å². The highest BCUT2D eigenvalue weighted by atomic mass is 16.5. The largest absolute Gasteiger partial charge is 0.462 e. The topological polar surface area (TPSA) is 107 Å². The predicted octanol–water partition coefficient (Wildman–Crippen LogP) is 2.40. The van der Waals surface area contributed by atoms with Crippen LogP contribution in [0.15, 0.2) is 0 Å². The maximum absolute atomic E-state index is 13.4. The van der Waals surface area contributed by atoms with Crippen LogP contribution in [0.5, 0.6) is 0 Å². The summed E-state index contributed by atoms with van der Waals surface area (Å²) in [6.07, 6.45) is 4.72. The number of hydrogen-bond donors (Lipinski definition) is 2. The number of nitrogens with two attached hydrogens (primary N) is 1. The summed E-state index contributed by atoms with van der Waals surface area (Å²) in [4.78, 5) is 38.9. The molecule has 0 aromatic rings. The predicted molar refractivity (Wildman–Crippen MR) is 107 cm³/mol. The number of aliphatic hydroxyl groups is 1. The van der Waals surface area contributed by atoms with Crippen LogP contribution in [0.25, 0.3) is 0 Å². The fourth-order valence-corrected chi connectivity index (χ4v) is 7.24. The minimum Gasteiger partial charge on any atom is -0.462 e. The lowest BCUT2D eigenvalue weighted by Gasteiger charge is -2.61. The van der Waals surface area contributed by atoms with Crippen molar-refractivity contribution in [2.75, 3.05) is 6.54 Å². The molecule has 0 saturated heterocycles. The average molecular weight is 406 g/mol. The number of fused-ring (bicyclic) bond motifs is 5. The molecule has 4 rings (SSSR count). The molecule has 8 atom stereocenters. The van der Waals surface area contributed by atoms with Gasteiger partial charge in [0.05, 0.1) is 16.9 Å². The first-order valence-corrected chi connectivity index (χ1v) is 11.2. The molecule has 6 nitrogen and oxygen atoms in total. The highest BCUT2D eigenvalue weighted by Gasteiger charge is 2.69. The van der Waals surface area contributed by atoms with Crippen molar-refractivity contribution in [1.82, 2.24) is 0 Å². The van der Waals surface area contributed by atoms with E-state index in [9.17, 15) is 19.5 Å². The van der Waals surface area contributed by atoms with Crippen molar-refractivity contribution in [3.8, 4) is 0 Å². The van der Waals surface area contributed by atoms with Crippen molar-refractivity contribution in [3.05, 3.63) is 0 Å². The van der Waals surface area contributed by atoms with Gasteiger partial charge in [-0.3, -0.25) is 14.4 Å². The molecule has 0 bridgehead atoms. The van der Waals surface area contributed by atoms with Crippen LogP contribution in [0.3, 0.4) is 0 Å². The monoisotopic (exact) mass is 405 g/mol. The summed E-state index contributed by atoms with van der Waals surface area (Å²) in [5.74, 6) is -0.778. The molecule has 0 aromatic carbocycles. The van der Waals surface area contributed by atoms with Crippen molar-refractivity contribution >= 4 is 17.5 Å². The highest BCUT2D eigenvalue weighted by Crippen LogP contribution is 2.65. The number of ketones is 2. The molecule has 0 aromatic heterocycles. The fourth-order valence-electron chi connectivity index (χ4n) is 7.24. The van der Waals surface area contributed by atoms with Gasteiger partial charge in [-0.15, -0.1) is 0 Å². The molecule has 3 N–H and O–H groups in total. The lowest BCUT2D eigenvalue weighted by Crippen LogP contribution is -2.69. The van der Waals surface area contributed by atoms with Gasteiger partial charge >= 0.3 is 5.97 Å². The smallest absolute Gasteiger partial charge is 0.310 e. The van der Waals surface area contributed by atoms with Gasteiger partial charge in [0.2, 0.25) is 0 Å². The van der Waals surface area contributed by atoms with E-state index in [0.717, 1.165) is 32.1 Å². The van der Waals surface area contributed by atoms with Gasteiger partial charge in [-0.1, -0.05) is 20.3 Å². The minimum atomic E-state index is -1.44. The zero-order chi connectivity index (χ0) is 21.2. The highest BCUT2D eigenvalue weighted by molar-refractivity contribution is 5.94. The quantitative estimate of drug-likeness (QED) is 0.698. The maximum Gasteiger partial charge on any atom is 0.310 e. The third kappa shape index (κ3) is 2.93. The second-order valence-corrected chi connectivity index (χ2v) is 10.7. The van der Waals surface area contributed by atoms with Crippen LogP contribution in [-0.4, -0.2) is 40.9 Å². The van der Waals surface area contributed by atoms with Crippen LogP contribution in [0.1, 0.15) is 72.1 Å². The molecular formula is C23H35NO5. The Hall–Kier alpha value is -1.27. The molecule has 29 heavy (non-hydrogen) atoms. The summed E-state index contributed by atoms with van der Waals surface area (Å²) in [5, 5.41) is 11.7. The standard InChI is InChI=1S/C23H35NO5/c1-13(12-24)20(27)29-14-9-18(26)22(3)16-6-8-21(2)7-4-5-15(21)19(16)17(25)11-23(22,28)10-14/h13-16,19,28H,4-12,24H2,1-3H3/t13?,14?,15-,16+,19-,21-,22-,23?/m0/s1. The Morgan fingerprint density at radius 1 is 1.24 bits per heavy atom. The third-order valence-electron chi connectivity index (χ3n) is 9.19.